The fraction of sp³-hybridized carbons (Fsp3) is 0.259. The minimum Gasteiger partial charge on any atom is -0.365 e. The van der Waals surface area contributed by atoms with Crippen LogP contribution in [0, 0.1) is 0 Å². The molecule has 0 saturated heterocycles. The third-order valence-corrected chi connectivity index (χ3v) is 7.02. The van der Waals surface area contributed by atoms with Crippen LogP contribution >= 0.6 is 0 Å². The Morgan fingerprint density at radius 2 is 1.68 bits per heavy atom. The first-order valence-electron chi connectivity index (χ1n) is 11.4. The predicted octanol–water partition coefficient (Wildman–Crippen LogP) is 4.04. The number of rotatable bonds is 2. The van der Waals surface area contributed by atoms with Gasteiger partial charge in [0.2, 0.25) is 0 Å². The molecule has 0 spiro atoms. The summed E-state index contributed by atoms with van der Waals surface area (Å²) in [7, 11) is 3.27. The molecular formula is C27H26N4O3. The molecule has 0 amide bonds. The molecule has 172 valence electrons. The average molecular weight is 455 g/mol. The highest BCUT2D eigenvalue weighted by Gasteiger charge is 2.41. The average Bonchev–Trinajstić information content (AvgIpc) is 3.43. The Morgan fingerprint density at radius 3 is 2.44 bits per heavy atom. The van der Waals surface area contributed by atoms with Gasteiger partial charge < -0.3 is 14.3 Å². The lowest BCUT2D eigenvalue weighted by Crippen LogP contribution is -2.40. The predicted molar refractivity (Wildman–Crippen MR) is 133 cm³/mol. The zero-order chi connectivity index (χ0) is 23.8. The quantitative estimate of drug-likeness (QED) is 0.438. The molecule has 1 aliphatic heterocycles. The number of fused-ring (bicyclic) bond motifs is 4. The molecule has 4 heterocycles. The monoisotopic (exact) mass is 454 g/mol. The maximum absolute atomic E-state index is 13.6. The van der Waals surface area contributed by atoms with E-state index in [1.807, 2.05) is 54.7 Å². The Labute approximate surface area is 195 Å². The molecule has 1 aliphatic rings. The molecule has 6 rings (SSSR count). The van der Waals surface area contributed by atoms with Gasteiger partial charge in [0.1, 0.15) is 6.10 Å². The number of aryl methyl sites for hydroxylation is 1. The van der Waals surface area contributed by atoms with Crippen molar-refractivity contribution in [1.82, 2.24) is 18.7 Å². The number of nitrogens with zero attached hydrogens (tertiary/aromatic N) is 3. The summed E-state index contributed by atoms with van der Waals surface area (Å²) < 4.78 is 11.5. The van der Waals surface area contributed by atoms with Crippen molar-refractivity contribution >= 4 is 21.8 Å². The maximum Gasteiger partial charge on any atom is 0.331 e. The molecule has 0 aliphatic carbocycles. The minimum atomic E-state index is -0.443. The molecule has 3 aromatic heterocycles. The fourth-order valence-corrected chi connectivity index (χ4v) is 5.41. The van der Waals surface area contributed by atoms with Crippen LogP contribution in [0.4, 0.5) is 0 Å². The van der Waals surface area contributed by atoms with Crippen molar-refractivity contribution in [3.05, 3.63) is 92.9 Å². The summed E-state index contributed by atoms with van der Waals surface area (Å²) in [5, 5.41) is 1.59. The molecule has 1 N–H and O–H groups in total. The van der Waals surface area contributed by atoms with Gasteiger partial charge in [0.15, 0.2) is 0 Å². The highest BCUT2D eigenvalue weighted by atomic mass is 16.5. The van der Waals surface area contributed by atoms with E-state index in [-0.39, 0.29) is 11.2 Å². The third-order valence-electron chi connectivity index (χ3n) is 7.02. The lowest BCUT2D eigenvalue weighted by atomic mass is 9.97. The van der Waals surface area contributed by atoms with E-state index >= 15 is 0 Å². The van der Waals surface area contributed by atoms with Crippen molar-refractivity contribution in [3.63, 3.8) is 0 Å². The van der Waals surface area contributed by atoms with Crippen LogP contribution in [0.3, 0.4) is 0 Å². The van der Waals surface area contributed by atoms with Gasteiger partial charge >= 0.3 is 5.69 Å². The van der Waals surface area contributed by atoms with Gasteiger partial charge in [0.25, 0.3) is 5.56 Å². The van der Waals surface area contributed by atoms with Gasteiger partial charge in [-0.2, -0.15) is 0 Å². The van der Waals surface area contributed by atoms with Crippen LogP contribution in [-0.2, 0) is 24.4 Å². The van der Waals surface area contributed by atoms with Crippen LogP contribution in [-0.4, -0.2) is 25.3 Å². The highest BCUT2D eigenvalue weighted by Crippen LogP contribution is 2.46. The fourth-order valence-electron chi connectivity index (χ4n) is 5.41. The zero-order valence-corrected chi connectivity index (χ0v) is 19.6. The second kappa shape index (κ2) is 7.08. The minimum absolute atomic E-state index is 0.299. The summed E-state index contributed by atoms with van der Waals surface area (Å²) in [6, 6.07) is 18.0. The molecule has 0 unspecified atom stereocenters. The van der Waals surface area contributed by atoms with Crippen LogP contribution < -0.4 is 11.2 Å². The molecule has 34 heavy (non-hydrogen) atoms. The van der Waals surface area contributed by atoms with E-state index in [1.54, 1.807) is 11.6 Å². The number of nitrogens with one attached hydrogen (secondary N) is 1. The van der Waals surface area contributed by atoms with E-state index in [1.165, 1.54) is 11.6 Å². The summed E-state index contributed by atoms with van der Waals surface area (Å²) in [4.78, 5) is 30.0. The molecule has 5 aromatic rings. The van der Waals surface area contributed by atoms with Crippen LogP contribution in [0.25, 0.3) is 33.1 Å². The van der Waals surface area contributed by atoms with Crippen LogP contribution in [0.15, 0.2) is 70.4 Å². The second-order valence-corrected chi connectivity index (χ2v) is 9.66. The van der Waals surface area contributed by atoms with Gasteiger partial charge in [0, 0.05) is 36.8 Å². The zero-order valence-electron chi connectivity index (χ0n) is 19.6. The van der Waals surface area contributed by atoms with Crippen LogP contribution in [0.2, 0.25) is 0 Å². The maximum atomic E-state index is 13.6. The number of benzene rings is 2. The topological polar surface area (TPSA) is 74.0 Å². The number of aromatic amines is 1. The Hall–Kier alpha value is -3.84. The number of H-pyrrole nitrogens is 1. The van der Waals surface area contributed by atoms with E-state index in [4.69, 9.17) is 4.74 Å². The molecular weight excluding hydrogens is 428 g/mol. The number of para-hydroxylation sites is 1. The Kier molecular flexibility index (Phi) is 4.32. The first kappa shape index (κ1) is 20.7. The normalized spacial score (nSPS) is 17.4. The smallest absolute Gasteiger partial charge is 0.331 e. The summed E-state index contributed by atoms with van der Waals surface area (Å²) >= 11 is 0. The van der Waals surface area contributed by atoms with Crippen molar-refractivity contribution in [3.8, 4) is 11.3 Å². The molecule has 7 nitrogen and oxygen atoms in total. The van der Waals surface area contributed by atoms with Crippen molar-refractivity contribution in [2.24, 2.45) is 14.1 Å². The van der Waals surface area contributed by atoms with Gasteiger partial charge in [0.05, 0.1) is 34.4 Å². The van der Waals surface area contributed by atoms with Crippen molar-refractivity contribution < 1.29 is 4.74 Å². The van der Waals surface area contributed by atoms with E-state index < -0.39 is 11.6 Å². The number of ether oxygens (including phenoxy) is 1. The Morgan fingerprint density at radius 1 is 0.971 bits per heavy atom. The molecule has 1 atom stereocenters. The highest BCUT2D eigenvalue weighted by molar-refractivity contribution is 5.97. The first-order chi connectivity index (χ1) is 16.3. The van der Waals surface area contributed by atoms with E-state index in [2.05, 4.69) is 29.5 Å². The van der Waals surface area contributed by atoms with Crippen molar-refractivity contribution in [2.75, 3.05) is 6.61 Å². The number of aromatic nitrogens is 4. The van der Waals surface area contributed by atoms with Gasteiger partial charge in [-0.3, -0.25) is 13.9 Å². The van der Waals surface area contributed by atoms with Crippen molar-refractivity contribution in [2.45, 2.75) is 25.5 Å². The third kappa shape index (κ3) is 2.67. The largest absolute Gasteiger partial charge is 0.365 e. The SMILES string of the molecule is Cn1c(=O)c2c(-c3ccccc3)n3c(c2n(C)c1=O)[C@H](c1c[nH]c2ccccc12)OCC3(C)C. The molecule has 0 radical (unpaired) electrons. The van der Waals surface area contributed by atoms with E-state index in [9.17, 15) is 9.59 Å². The van der Waals surface area contributed by atoms with Gasteiger partial charge in [-0.25, -0.2) is 4.79 Å². The molecule has 2 aromatic carbocycles. The van der Waals surface area contributed by atoms with E-state index in [0.717, 1.165) is 33.4 Å². The lowest BCUT2D eigenvalue weighted by molar-refractivity contribution is -0.00642. The lowest BCUT2D eigenvalue weighted by Gasteiger charge is -2.39. The molecule has 0 saturated carbocycles. The summed E-state index contributed by atoms with van der Waals surface area (Å²) in [5.74, 6) is 0. The van der Waals surface area contributed by atoms with Crippen molar-refractivity contribution in [1.29, 1.82) is 0 Å². The second-order valence-electron chi connectivity index (χ2n) is 9.66. The summed E-state index contributed by atoms with van der Waals surface area (Å²) in [5.41, 5.74) is 4.10. The summed E-state index contributed by atoms with van der Waals surface area (Å²) in [6.07, 6.45) is 1.53. The Balaban J connectivity index is 1.83. The van der Waals surface area contributed by atoms with Crippen LogP contribution in [0.1, 0.15) is 31.2 Å². The van der Waals surface area contributed by atoms with Gasteiger partial charge in [-0.1, -0.05) is 48.5 Å². The molecule has 7 heteroatoms. The standard InChI is InChI=1S/C27H26N4O3/c1-27(2)15-34-24(18-14-28-19-13-9-8-12-17(18)19)23-22-20(25(32)30(4)26(33)29(22)3)21(31(23)27)16-10-6-5-7-11-16/h5-14,24,28H,15H2,1-4H3/t24-/m0/s1. The van der Waals surface area contributed by atoms with E-state index in [0.29, 0.717) is 17.5 Å². The molecule has 0 bridgehead atoms. The summed E-state index contributed by atoms with van der Waals surface area (Å²) in [6.45, 7) is 4.67. The molecule has 0 fully saturated rings. The number of hydrogen-bond acceptors (Lipinski definition) is 3. The first-order valence-corrected chi connectivity index (χ1v) is 11.4. The Bertz CT molecular complexity index is 1700. The van der Waals surface area contributed by atoms with Crippen LogP contribution in [0.5, 0.6) is 0 Å². The van der Waals surface area contributed by atoms with Gasteiger partial charge in [-0.05, 0) is 25.5 Å². The van der Waals surface area contributed by atoms with Gasteiger partial charge in [-0.15, -0.1) is 0 Å². The number of hydrogen-bond donors (Lipinski definition) is 1.